The van der Waals surface area contributed by atoms with E-state index in [0.29, 0.717) is 5.69 Å². The van der Waals surface area contributed by atoms with E-state index in [-0.39, 0.29) is 0 Å². The summed E-state index contributed by atoms with van der Waals surface area (Å²) >= 11 is 0. The summed E-state index contributed by atoms with van der Waals surface area (Å²) in [4.78, 5) is 14.3. The number of carboxylic acids is 1. The van der Waals surface area contributed by atoms with Crippen LogP contribution in [0.15, 0.2) is 43.0 Å². The summed E-state index contributed by atoms with van der Waals surface area (Å²) in [6, 6.07) is 6.74. The van der Waals surface area contributed by atoms with Crippen LogP contribution in [-0.4, -0.2) is 34.8 Å². The van der Waals surface area contributed by atoms with Crippen LogP contribution in [-0.2, 0) is 14.8 Å². The predicted molar refractivity (Wildman–Crippen MR) is 73.2 cm³/mol. The lowest BCUT2D eigenvalue weighted by Crippen LogP contribution is -2.18. The predicted octanol–water partition coefficient (Wildman–Crippen LogP) is 1.09. The van der Waals surface area contributed by atoms with Gasteiger partial charge in [-0.2, -0.15) is 0 Å². The van der Waals surface area contributed by atoms with Gasteiger partial charge in [-0.15, -0.1) is 0 Å². The number of anilines is 1. The number of benzene rings is 1. The van der Waals surface area contributed by atoms with Crippen LogP contribution in [0.5, 0.6) is 0 Å². The Balaban J connectivity index is 2.14. The van der Waals surface area contributed by atoms with Crippen molar-refractivity contribution in [1.82, 2.24) is 9.55 Å². The fourth-order valence-corrected chi connectivity index (χ4v) is 2.63. The maximum atomic E-state index is 11.7. The summed E-state index contributed by atoms with van der Waals surface area (Å²) in [5, 5.41) is 8.51. The molecule has 1 aromatic heterocycles. The number of hydrogen-bond acceptors (Lipinski definition) is 4. The number of imidazole rings is 1. The summed E-state index contributed by atoms with van der Waals surface area (Å²) in [6.07, 6.45) is 4.51. The van der Waals surface area contributed by atoms with Crippen LogP contribution in [0.3, 0.4) is 0 Å². The molecule has 0 aliphatic carbocycles. The van der Waals surface area contributed by atoms with E-state index in [0.717, 1.165) is 5.69 Å². The van der Waals surface area contributed by atoms with Crippen LogP contribution in [0, 0.1) is 0 Å². The Morgan fingerprint density at radius 1 is 1.40 bits per heavy atom. The van der Waals surface area contributed by atoms with Gasteiger partial charge in [-0.3, -0.25) is 9.52 Å². The minimum atomic E-state index is -3.67. The number of rotatable bonds is 6. The average Bonchev–Trinajstić information content (AvgIpc) is 2.90. The maximum Gasteiger partial charge on any atom is 0.304 e. The van der Waals surface area contributed by atoms with Gasteiger partial charge in [0.15, 0.2) is 0 Å². The summed E-state index contributed by atoms with van der Waals surface area (Å²) in [6.45, 7) is 0. The molecular weight excluding hydrogens is 282 g/mol. The van der Waals surface area contributed by atoms with E-state index in [1.165, 1.54) is 0 Å². The minimum absolute atomic E-state index is 0.376. The van der Waals surface area contributed by atoms with Crippen molar-refractivity contribution in [3.05, 3.63) is 43.0 Å². The first kappa shape index (κ1) is 14.1. The summed E-state index contributed by atoms with van der Waals surface area (Å²) < 4.78 is 27.5. The highest BCUT2D eigenvalue weighted by Crippen LogP contribution is 2.15. The van der Waals surface area contributed by atoms with E-state index in [1.54, 1.807) is 47.6 Å². The van der Waals surface area contributed by atoms with Crippen molar-refractivity contribution in [2.75, 3.05) is 10.5 Å². The molecule has 1 aromatic carbocycles. The zero-order chi connectivity index (χ0) is 14.6. The first-order valence-corrected chi connectivity index (χ1v) is 7.42. The van der Waals surface area contributed by atoms with Gasteiger partial charge < -0.3 is 9.67 Å². The molecule has 20 heavy (non-hydrogen) atoms. The maximum absolute atomic E-state index is 11.7. The van der Waals surface area contributed by atoms with E-state index < -0.39 is 28.2 Å². The zero-order valence-electron chi connectivity index (χ0n) is 10.4. The second-order valence-electron chi connectivity index (χ2n) is 4.08. The molecule has 0 fully saturated rings. The lowest BCUT2D eigenvalue weighted by Gasteiger charge is -2.09. The van der Waals surface area contributed by atoms with Gasteiger partial charge in [-0.05, 0) is 18.2 Å². The van der Waals surface area contributed by atoms with Gasteiger partial charge in [0.2, 0.25) is 10.0 Å². The Hall–Kier alpha value is -2.35. The number of aliphatic carboxylic acids is 1. The van der Waals surface area contributed by atoms with Crippen molar-refractivity contribution in [2.24, 2.45) is 0 Å². The molecular formula is C12H13N3O4S. The van der Waals surface area contributed by atoms with Crippen LogP contribution >= 0.6 is 0 Å². The van der Waals surface area contributed by atoms with Crippen LogP contribution in [0.4, 0.5) is 5.69 Å². The third-order valence-electron chi connectivity index (χ3n) is 2.51. The van der Waals surface area contributed by atoms with Crippen LogP contribution in [0.25, 0.3) is 5.69 Å². The van der Waals surface area contributed by atoms with Crippen molar-refractivity contribution in [1.29, 1.82) is 0 Å². The topological polar surface area (TPSA) is 101 Å². The second kappa shape index (κ2) is 5.74. The molecule has 0 aliphatic heterocycles. The molecule has 0 spiro atoms. The molecule has 0 unspecified atom stereocenters. The molecule has 106 valence electrons. The van der Waals surface area contributed by atoms with E-state index in [9.17, 15) is 13.2 Å². The Bertz CT molecular complexity index is 695. The van der Waals surface area contributed by atoms with Gasteiger partial charge >= 0.3 is 5.97 Å². The fourth-order valence-electron chi connectivity index (χ4n) is 1.59. The molecule has 2 aromatic rings. The highest BCUT2D eigenvalue weighted by atomic mass is 32.2. The Labute approximate surface area is 115 Å². The molecule has 2 rings (SSSR count). The van der Waals surface area contributed by atoms with Gasteiger partial charge in [0.25, 0.3) is 0 Å². The quantitative estimate of drug-likeness (QED) is 0.830. The Morgan fingerprint density at radius 3 is 2.85 bits per heavy atom. The minimum Gasteiger partial charge on any atom is -0.481 e. The normalized spacial score (nSPS) is 11.2. The van der Waals surface area contributed by atoms with Gasteiger partial charge in [-0.25, -0.2) is 13.4 Å². The van der Waals surface area contributed by atoms with Crippen LogP contribution < -0.4 is 4.72 Å². The van der Waals surface area contributed by atoms with Crippen molar-refractivity contribution >= 4 is 21.7 Å². The number of carboxylic acid groups (broad SMARTS) is 1. The lowest BCUT2D eigenvalue weighted by molar-refractivity contribution is -0.136. The third-order valence-corrected chi connectivity index (χ3v) is 3.79. The van der Waals surface area contributed by atoms with Gasteiger partial charge in [0.05, 0.1) is 24.2 Å². The number of carbonyl (C=O) groups is 1. The van der Waals surface area contributed by atoms with E-state index >= 15 is 0 Å². The molecule has 8 heteroatoms. The third kappa shape index (κ3) is 3.82. The molecule has 0 amide bonds. The molecule has 7 nitrogen and oxygen atoms in total. The molecule has 0 aliphatic rings. The molecule has 0 atom stereocenters. The van der Waals surface area contributed by atoms with Gasteiger partial charge in [0, 0.05) is 18.1 Å². The zero-order valence-corrected chi connectivity index (χ0v) is 11.2. The van der Waals surface area contributed by atoms with Crippen LogP contribution in [0.1, 0.15) is 6.42 Å². The van der Waals surface area contributed by atoms with Crippen LogP contribution in [0.2, 0.25) is 0 Å². The summed E-state index contributed by atoms with van der Waals surface area (Å²) in [7, 11) is -3.67. The number of hydrogen-bond donors (Lipinski definition) is 2. The molecule has 0 saturated carbocycles. The fraction of sp³-hybridized carbons (Fsp3) is 0.167. The number of sulfonamides is 1. The largest absolute Gasteiger partial charge is 0.481 e. The summed E-state index contributed by atoms with van der Waals surface area (Å²) in [5.41, 5.74) is 1.13. The van der Waals surface area contributed by atoms with Gasteiger partial charge in [-0.1, -0.05) is 6.07 Å². The molecule has 1 heterocycles. The van der Waals surface area contributed by atoms with Gasteiger partial charge in [0.1, 0.15) is 0 Å². The average molecular weight is 295 g/mol. The Morgan fingerprint density at radius 2 is 2.20 bits per heavy atom. The first-order chi connectivity index (χ1) is 9.46. The lowest BCUT2D eigenvalue weighted by atomic mass is 10.3. The second-order valence-corrected chi connectivity index (χ2v) is 5.93. The summed E-state index contributed by atoms with van der Waals surface area (Å²) in [5.74, 6) is -1.61. The van der Waals surface area contributed by atoms with Crippen molar-refractivity contribution in [3.63, 3.8) is 0 Å². The Kier molecular flexibility index (Phi) is 4.04. The number of nitrogens with one attached hydrogen (secondary N) is 1. The molecule has 0 bridgehead atoms. The monoisotopic (exact) mass is 295 g/mol. The highest BCUT2D eigenvalue weighted by Gasteiger charge is 2.13. The van der Waals surface area contributed by atoms with Crippen molar-refractivity contribution < 1.29 is 18.3 Å². The smallest absolute Gasteiger partial charge is 0.304 e. The van der Waals surface area contributed by atoms with E-state index in [4.69, 9.17) is 5.11 Å². The van der Waals surface area contributed by atoms with E-state index in [2.05, 4.69) is 9.71 Å². The molecule has 0 saturated heterocycles. The standard InChI is InChI=1S/C12H13N3O4S/c16-12(17)4-7-20(18,19)14-10-2-1-3-11(8-10)15-6-5-13-9-15/h1-3,5-6,8-9,14H,4,7H2,(H,16,17). The molecule has 2 N–H and O–H groups in total. The SMILES string of the molecule is O=C(O)CCS(=O)(=O)Nc1cccc(-n2ccnc2)c1. The van der Waals surface area contributed by atoms with Crippen molar-refractivity contribution in [3.8, 4) is 5.69 Å². The highest BCUT2D eigenvalue weighted by molar-refractivity contribution is 7.92. The number of aromatic nitrogens is 2. The van der Waals surface area contributed by atoms with Crippen molar-refractivity contribution in [2.45, 2.75) is 6.42 Å². The molecule has 0 radical (unpaired) electrons. The van der Waals surface area contributed by atoms with E-state index in [1.807, 2.05) is 0 Å². The number of nitrogens with zero attached hydrogens (tertiary/aromatic N) is 2. The first-order valence-electron chi connectivity index (χ1n) is 5.77.